The van der Waals surface area contributed by atoms with Crippen molar-refractivity contribution in [2.45, 2.75) is 39.9 Å². The zero-order chi connectivity index (χ0) is 18.8. The number of nitrogens with zero attached hydrogens (tertiary/aromatic N) is 2. The SMILES string of the molecule is Cc1noc(C)c1NC(=O)Nc1ccc(N2CC(C)OC(C)C2)c(F)c1. The van der Waals surface area contributed by atoms with E-state index < -0.39 is 6.03 Å². The van der Waals surface area contributed by atoms with Crippen LogP contribution in [0.1, 0.15) is 25.3 Å². The number of halogens is 1. The van der Waals surface area contributed by atoms with Gasteiger partial charge in [-0.2, -0.15) is 0 Å². The van der Waals surface area contributed by atoms with Gasteiger partial charge in [0, 0.05) is 18.8 Å². The summed E-state index contributed by atoms with van der Waals surface area (Å²) in [6, 6.07) is 4.18. The Hall–Kier alpha value is -2.61. The van der Waals surface area contributed by atoms with E-state index in [2.05, 4.69) is 15.8 Å². The first kappa shape index (κ1) is 18.2. The highest BCUT2D eigenvalue weighted by molar-refractivity contribution is 6.00. The van der Waals surface area contributed by atoms with Crippen molar-refractivity contribution in [3.8, 4) is 0 Å². The molecule has 26 heavy (non-hydrogen) atoms. The van der Waals surface area contributed by atoms with E-state index in [0.29, 0.717) is 41.6 Å². The lowest BCUT2D eigenvalue weighted by molar-refractivity contribution is -0.00539. The molecule has 0 spiro atoms. The number of aryl methyl sites for hydroxylation is 2. The van der Waals surface area contributed by atoms with Crippen LogP contribution >= 0.6 is 0 Å². The normalized spacial score (nSPS) is 20.1. The number of amides is 2. The molecule has 1 fully saturated rings. The Bertz CT molecular complexity index is 778. The Balaban J connectivity index is 1.68. The van der Waals surface area contributed by atoms with Gasteiger partial charge in [0.05, 0.1) is 17.9 Å². The van der Waals surface area contributed by atoms with Crippen LogP contribution in [-0.2, 0) is 4.74 Å². The van der Waals surface area contributed by atoms with Crippen LogP contribution in [0, 0.1) is 19.7 Å². The van der Waals surface area contributed by atoms with Gasteiger partial charge >= 0.3 is 6.03 Å². The standard InChI is InChI=1S/C18H23FN4O3/c1-10-8-23(9-11(2)25-10)16-6-5-14(7-15(16)19)20-18(24)21-17-12(3)22-26-13(17)4/h5-7,10-11H,8-9H2,1-4H3,(H2,20,21,24). The van der Waals surface area contributed by atoms with E-state index in [-0.39, 0.29) is 18.0 Å². The molecule has 0 radical (unpaired) electrons. The molecular weight excluding hydrogens is 339 g/mol. The number of rotatable bonds is 3. The fraction of sp³-hybridized carbons (Fsp3) is 0.444. The molecule has 2 unspecified atom stereocenters. The third-order valence-corrected chi connectivity index (χ3v) is 4.24. The molecule has 8 heteroatoms. The first-order valence-corrected chi connectivity index (χ1v) is 8.54. The first-order valence-electron chi connectivity index (χ1n) is 8.54. The average Bonchev–Trinajstić information content (AvgIpc) is 2.86. The van der Waals surface area contributed by atoms with Gasteiger partial charge in [-0.1, -0.05) is 5.16 Å². The highest BCUT2D eigenvalue weighted by Gasteiger charge is 2.24. The van der Waals surface area contributed by atoms with E-state index in [1.807, 2.05) is 18.7 Å². The second-order valence-corrected chi connectivity index (χ2v) is 6.61. The molecule has 2 aromatic rings. The van der Waals surface area contributed by atoms with Crippen molar-refractivity contribution in [2.75, 3.05) is 28.6 Å². The molecule has 1 saturated heterocycles. The van der Waals surface area contributed by atoms with E-state index in [9.17, 15) is 9.18 Å². The molecule has 0 aliphatic carbocycles. The van der Waals surface area contributed by atoms with Crippen molar-refractivity contribution in [1.29, 1.82) is 0 Å². The lowest BCUT2D eigenvalue weighted by Gasteiger charge is -2.37. The van der Waals surface area contributed by atoms with Gasteiger partial charge < -0.3 is 24.8 Å². The summed E-state index contributed by atoms with van der Waals surface area (Å²) in [5.41, 5.74) is 1.96. The van der Waals surface area contributed by atoms with Crippen LogP contribution in [0.3, 0.4) is 0 Å². The highest BCUT2D eigenvalue weighted by atomic mass is 19.1. The second-order valence-electron chi connectivity index (χ2n) is 6.61. The van der Waals surface area contributed by atoms with Crippen molar-refractivity contribution >= 4 is 23.1 Å². The molecule has 1 aliphatic rings. The van der Waals surface area contributed by atoms with Gasteiger partial charge in [0.25, 0.3) is 0 Å². The topological polar surface area (TPSA) is 79.6 Å². The molecule has 2 amide bonds. The zero-order valence-electron chi connectivity index (χ0n) is 15.3. The second kappa shape index (κ2) is 7.33. The number of nitrogens with one attached hydrogen (secondary N) is 2. The van der Waals surface area contributed by atoms with Crippen LogP contribution in [0.5, 0.6) is 0 Å². The number of benzene rings is 1. The maximum absolute atomic E-state index is 14.6. The molecule has 2 atom stereocenters. The summed E-state index contributed by atoms with van der Waals surface area (Å²) in [5, 5.41) is 9.05. The van der Waals surface area contributed by atoms with Crippen LogP contribution in [0.4, 0.5) is 26.2 Å². The summed E-state index contributed by atoms with van der Waals surface area (Å²) in [7, 11) is 0. The number of carbonyl (C=O) groups is 1. The van der Waals surface area contributed by atoms with E-state index in [1.165, 1.54) is 6.07 Å². The highest BCUT2D eigenvalue weighted by Crippen LogP contribution is 2.26. The number of hydrogen-bond acceptors (Lipinski definition) is 5. The Morgan fingerprint density at radius 3 is 2.50 bits per heavy atom. The fourth-order valence-corrected chi connectivity index (χ4v) is 3.15. The quantitative estimate of drug-likeness (QED) is 0.870. The van der Waals surface area contributed by atoms with E-state index >= 15 is 0 Å². The average molecular weight is 362 g/mol. The lowest BCUT2D eigenvalue weighted by Crippen LogP contribution is -2.45. The van der Waals surface area contributed by atoms with Crippen LogP contribution in [0.2, 0.25) is 0 Å². The number of morpholine rings is 1. The largest absolute Gasteiger partial charge is 0.372 e. The predicted octanol–water partition coefficient (Wildman–Crippen LogP) is 3.69. The van der Waals surface area contributed by atoms with Gasteiger partial charge in [0.2, 0.25) is 0 Å². The first-order chi connectivity index (χ1) is 12.3. The third-order valence-electron chi connectivity index (χ3n) is 4.24. The predicted molar refractivity (Wildman–Crippen MR) is 97.2 cm³/mol. The number of urea groups is 1. The monoisotopic (exact) mass is 362 g/mol. The molecule has 2 heterocycles. The molecule has 3 rings (SSSR count). The van der Waals surface area contributed by atoms with Gasteiger partial charge in [-0.25, -0.2) is 9.18 Å². The van der Waals surface area contributed by atoms with Crippen molar-refractivity contribution in [3.63, 3.8) is 0 Å². The summed E-state index contributed by atoms with van der Waals surface area (Å²) in [6.07, 6.45) is 0.0774. The van der Waals surface area contributed by atoms with Gasteiger partial charge in [0.1, 0.15) is 17.2 Å². The minimum atomic E-state index is -0.486. The van der Waals surface area contributed by atoms with E-state index in [1.54, 1.807) is 26.0 Å². The Morgan fingerprint density at radius 1 is 1.23 bits per heavy atom. The maximum Gasteiger partial charge on any atom is 0.323 e. The lowest BCUT2D eigenvalue weighted by atomic mass is 10.2. The molecule has 7 nitrogen and oxygen atoms in total. The summed E-state index contributed by atoms with van der Waals surface area (Å²) in [5.74, 6) is 0.121. The van der Waals surface area contributed by atoms with Crippen LogP contribution < -0.4 is 15.5 Å². The molecule has 2 N–H and O–H groups in total. The molecule has 0 saturated carbocycles. The van der Waals surface area contributed by atoms with Gasteiger partial charge in [-0.3, -0.25) is 0 Å². The summed E-state index contributed by atoms with van der Waals surface area (Å²) >= 11 is 0. The molecule has 140 valence electrons. The summed E-state index contributed by atoms with van der Waals surface area (Å²) < 4.78 is 25.2. The van der Waals surface area contributed by atoms with Crippen molar-refractivity contribution in [2.24, 2.45) is 0 Å². The van der Waals surface area contributed by atoms with Gasteiger partial charge in [0.15, 0.2) is 5.76 Å². The summed E-state index contributed by atoms with van der Waals surface area (Å²) in [6.45, 7) is 8.62. The van der Waals surface area contributed by atoms with Crippen molar-refractivity contribution < 1.29 is 18.4 Å². The van der Waals surface area contributed by atoms with Gasteiger partial charge in [-0.05, 0) is 45.9 Å². The molecule has 1 aromatic carbocycles. The summed E-state index contributed by atoms with van der Waals surface area (Å²) in [4.78, 5) is 14.1. The number of hydrogen-bond donors (Lipinski definition) is 2. The van der Waals surface area contributed by atoms with Crippen molar-refractivity contribution in [1.82, 2.24) is 5.16 Å². The van der Waals surface area contributed by atoms with Crippen LogP contribution in [0.15, 0.2) is 22.7 Å². The third kappa shape index (κ3) is 3.96. The number of aromatic nitrogens is 1. The Kier molecular flexibility index (Phi) is 5.13. The number of ether oxygens (including phenoxy) is 1. The smallest absolute Gasteiger partial charge is 0.323 e. The minimum Gasteiger partial charge on any atom is -0.372 e. The fourth-order valence-electron chi connectivity index (χ4n) is 3.15. The number of carbonyl (C=O) groups excluding carboxylic acids is 1. The molecule has 0 bridgehead atoms. The van der Waals surface area contributed by atoms with E-state index in [0.717, 1.165) is 0 Å². The Morgan fingerprint density at radius 2 is 1.92 bits per heavy atom. The minimum absolute atomic E-state index is 0.0387. The van der Waals surface area contributed by atoms with E-state index in [4.69, 9.17) is 9.26 Å². The van der Waals surface area contributed by atoms with Crippen molar-refractivity contribution in [3.05, 3.63) is 35.5 Å². The molecule has 1 aromatic heterocycles. The van der Waals surface area contributed by atoms with Crippen LogP contribution in [0.25, 0.3) is 0 Å². The number of anilines is 3. The van der Waals surface area contributed by atoms with Gasteiger partial charge in [-0.15, -0.1) is 0 Å². The Labute approximate surface area is 151 Å². The maximum atomic E-state index is 14.6. The molecular formula is C18H23FN4O3. The van der Waals surface area contributed by atoms with Crippen LogP contribution in [-0.4, -0.2) is 36.5 Å². The molecule has 1 aliphatic heterocycles. The zero-order valence-corrected chi connectivity index (χ0v) is 15.3.